The van der Waals surface area contributed by atoms with Crippen LogP contribution in [0.25, 0.3) is 10.9 Å². The lowest BCUT2D eigenvalue weighted by molar-refractivity contribution is -0.283. The summed E-state index contributed by atoms with van der Waals surface area (Å²) < 4.78 is 20.1. The number of para-hydroxylation sites is 1. The highest BCUT2D eigenvalue weighted by Gasteiger charge is 2.56. The first-order valence-corrected chi connectivity index (χ1v) is 18.2. The van der Waals surface area contributed by atoms with E-state index in [4.69, 9.17) is 37.4 Å². The van der Waals surface area contributed by atoms with E-state index in [1.54, 1.807) is 18.3 Å². The number of fused-ring (bicyclic) bond motifs is 1. The fraction of sp³-hybridized carbons (Fsp3) is 0.541. The number of carbonyl (C=O) groups excluding carboxylic acids is 3. The third-order valence-corrected chi connectivity index (χ3v) is 10.7. The van der Waals surface area contributed by atoms with Gasteiger partial charge in [0.25, 0.3) is 5.91 Å². The number of nitrogens with one attached hydrogen (secondary N) is 1. The Kier molecular flexibility index (Phi) is 11.3. The van der Waals surface area contributed by atoms with Crippen molar-refractivity contribution in [3.8, 4) is 0 Å². The Balaban J connectivity index is 1.24. The topological polar surface area (TPSA) is 102 Å². The number of Topliss-reactive ketones (excluding diaryl/α,β-unsaturated/α-hetero) is 1. The van der Waals surface area contributed by atoms with Gasteiger partial charge in [-0.25, -0.2) is 0 Å². The van der Waals surface area contributed by atoms with E-state index < -0.39 is 5.85 Å². The molecule has 3 aliphatic rings. The lowest BCUT2D eigenvalue weighted by atomic mass is 9.87. The second-order valence-electron chi connectivity index (χ2n) is 13.3. The summed E-state index contributed by atoms with van der Waals surface area (Å²) in [6, 6.07) is 11.0. The van der Waals surface area contributed by atoms with Crippen molar-refractivity contribution in [1.29, 1.82) is 0 Å². The average Bonchev–Trinajstić information content (AvgIpc) is 3.73. The molecule has 1 atom stereocenters. The Morgan fingerprint density at radius 1 is 0.918 bits per heavy atom. The number of rotatable bonds is 13. The molecule has 2 saturated heterocycles. The van der Waals surface area contributed by atoms with E-state index in [1.165, 1.54) is 0 Å². The summed E-state index contributed by atoms with van der Waals surface area (Å²) in [6.45, 7) is 7.35. The summed E-state index contributed by atoms with van der Waals surface area (Å²) in [4.78, 5) is 44.9. The van der Waals surface area contributed by atoms with Gasteiger partial charge < -0.3 is 24.1 Å². The predicted molar refractivity (Wildman–Crippen MR) is 190 cm³/mol. The number of likely N-dealkylation sites (tertiary alicyclic amines) is 2. The van der Waals surface area contributed by atoms with Crippen molar-refractivity contribution in [2.24, 2.45) is 13.0 Å². The SMILES string of the molecule is CCOC(=O)C1CCC(OC(C(=O)Cc2cc(Cl)c(NC(=O)c3cn(C)c4ccccc34)cc2Cl)(N2CCCC2)N2CC(OCC)C2)CC1. The number of benzene rings is 2. The van der Waals surface area contributed by atoms with Crippen molar-refractivity contribution in [2.75, 3.05) is 44.7 Å². The Hall–Kier alpha value is -2.99. The molecule has 1 aliphatic carbocycles. The van der Waals surface area contributed by atoms with Crippen LogP contribution in [0.15, 0.2) is 42.6 Å². The van der Waals surface area contributed by atoms with Gasteiger partial charge in [0.15, 0.2) is 5.78 Å². The van der Waals surface area contributed by atoms with Gasteiger partial charge >= 0.3 is 5.97 Å². The molecule has 2 aliphatic heterocycles. The number of esters is 1. The quantitative estimate of drug-likeness (QED) is 0.202. The minimum absolute atomic E-state index is 0.0133. The highest BCUT2D eigenvalue weighted by atomic mass is 35.5. The largest absolute Gasteiger partial charge is 0.466 e. The first-order valence-electron chi connectivity index (χ1n) is 17.5. The summed E-state index contributed by atoms with van der Waals surface area (Å²) in [5, 5.41) is 4.35. The van der Waals surface area contributed by atoms with Gasteiger partial charge in [0.1, 0.15) is 0 Å². The molecule has 0 spiro atoms. The molecule has 6 rings (SSSR count). The molecule has 3 heterocycles. The maximum absolute atomic E-state index is 14.8. The van der Waals surface area contributed by atoms with E-state index in [1.807, 2.05) is 49.7 Å². The number of halogens is 2. The van der Waals surface area contributed by atoms with Crippen molar-refractivity contribution in [1.82, 2.24) is 14.4 Å². The zero-order valence-corrected chi connectivity index (χ0v) is 30.0. The number of hydrogen-bond acceptors (Lipinski definition) is 8. The predicted octanol–water partition coefficient (Wildman–Crippen LogP) is 6.46. The van der Waals surface area contributed by atoms with Gasteiger partial charge in [-0.2, -0.15) is 0 Å². The van der Waals surface area contributed by atoms with E-state index in [9.17, 15) is 14.4 Å². The Morgan fingerprint density at radius 3 is 2.33 bits per heavy atom. The van der Waals surface area contributed by atoms with Crippen LogP contribution in [0.2, 0.25) is 10.0 Å². The van der Waals surface area contributed by atoms with E-state index in [0.29, 0.717) is 73.8 Å². The van der Waals surface area contributed by atoms with Gasteiger partial charge in [0, 0.05) is 68.4 Å². The molecule has 12 heteroatoms. The summed E-state index contributed by atoms with van der Waals surface area (Å²) >= 11 is 13.6. The fourth-order valence-electron chi connectivity index (χ4n) is 7.54. The molecule has 1 amide bonds. The summed E-state index contributed by atoms with van der Waals surface area (Å²) in [5.41, 5.74) is 2.38. The normalized spacial score (nSPS) is 21.7. The molecule has 0 radical (unpaired) electrons. The van der Waals surface area contributed by atoms with Crippen LogP contribution in [0.5, 0.6) is 0 Å². The van der Waals surface area contributed by atoms with Gasteiger partial charge in [-0.05, 0) is 76.1 Å². The third-order valence-electron chi connectivity index (χ3n) is 10.1. The molecular formula is C37H46Cl2N4O6. The van der Waals surface area contributed by atoms with Gasteiger partial charge in [-0.15, -0.1) is 0 Å². The summed E-state index contributed by atoms with van der Waals surface area (Å²) in [6.07, 6.45) is 6.15. The Bertz CT molecular complexity index is 1680. The van der Waals surface area contributed by atoms with E-state index >= 15 is 0 Å². The maximum Gasteiger partial charge on any atom is 0.308 e. The number of aryl methyl sites for hydroxylation is 1. The third kappa shape index (κ3) is 7.41. The number of ketones is 1. The minimum atomic E-state index is -1.30. The van der Waals surface area contributed by atoms with Gasteiger partial charge in [-0.1, -0.05) is 41.4 Å². The maximum atomic E-state index is 14.8. The van der Waals surface area contributed by atoms with E-state index in [0.717, 1.165) is 36.8 Å². The molecule has 3 aromatic rings. The fourth-order valence-corrected chi connectivity index (χ4v) is 8.01. The van der Waals surface area contributed by atoms with Crippen LogP contribution in [0.4, 0.5) is 5.69 Å². The van der Waals surface area contributed by atoms with Crippen LogP contribution in [-0.4, -0.2) is 89.5 Å². The Morgan fingerprint density at radius 2 is 1.63 bits per heavy atom. The van der Waals surface area contributed by atoms with Crippen LogP contribution in [0, 0.1) is 5.92 Å². The van der Waals surface area contributed by atoms with Crippen molar-refractivity contribution in [3.63, 3.8) is 0 Å². The average molecular weight is 714 g/mol. The van der Waals surface area contributed by atoms with Crippen molar-refractivity contribution < 1.29 is 28.6 Å². The summed E-state index contributed by atoms with van der Waals surface area (Å²) in [7, 11) is 1.90. The first-order chi connectivity index (χ1) is 23.6. The van der Waals surface area contributed by atoms with Crippen LogP contribution >= 0.6 is 23.2 Å². The highest BCUT2D eigenvalue weighted by molar-refractivity contribution is 6.36. The van der Waals surface area contributed by atoms with Gasteiger partial charge in [-0.3, -0.25) is 24.2 Å². The first kappa shape index (κ1) is 35.8. The summed E-state index contributed by atoms with van der Waals surface area (Å²) in [5.74, 6) is -2.04. The second kappa shape index (κ2) is 15.5. The van der Waals surface area contributed by atoms with Crippen molar-refractivity contribution in [2.45, 2.75) is 76.9 Å². The second-order valence-corrected chi connectivity index (χ2v) is 14.1. The number of ether oxygens (including phenoxy) is 3. The number of carbonyl (C=O) groups is 3. The van der Waals surface area contributed by atoms with Crippen molar-refractivity contribution in [3.05, 3.63) is 63.8 Å². The van der Waals surface area contributed by atoms with Crippen LogP contribution < -0.4 is 5.32 Å². The van der Waals surface area contributed by atoms with E-state index in [2.05, 4.69) is 15.1 Å². The zero-order chi connectivity index (χ0) is 34.7. The number of aromatic nitrogens is 1. The lowest BCUT2D eigenvalue weighted by Crippen LogP contribution is -2.74. The van der Waals surface area contributed by atoms with Gasteiger partial charge in [0.2, 0.25) is 5.85 Å². The molecule has 49 heavy (non-hydrogen) atoms. The number of anilines is 1. The molecule has 10 nitrogen and oxygen atoms in total. The number of nitrogens with zero attached hydrogens (tertiary/aromatic N) is 3. The van der Waals surface area contributed by atoms with Crippen LogP contribution in [-0.2, 0) is 37.3 Å². The molecule has 264 valence electrons. The molecular weight excluding hydrogens is 667 g/mol. The minimum Gasteiger partial charge on any atom is -0.466 e. The molecule has 1 saturated carbocycles. The lowest BCUT2D eigenvalue weighted by Gasteiger charge is -2.55. The number of amides is 1. The monoisotopic (exact) mass is 712 g/mol. The standard InChI is InChI=1S/C37H46Cl2N4O6/c1-4-47-27-21-43(22-27)37(42-16-8-9-17-42,49-26-14-12-24(13-15-26)36(46)48-5-2)34(44)19-25-18-31(39)32(20-30(25)38)40-35(45)29-23-41(3)33-11-7-6-10-28(29)33/h6-7,10-11,18,20,23-24,26-27H,4-5,8-9,12-17,19,21-22H2,1-3H3,(H,40,45). The molecule has 1 N–H and O–H groups in total. The molecule has 1 aromatic heterocycles. The smallest absolute Gasteiger partial charge is 0.308 e. The van der Waals surface area contributed by atoms with Crippen molar-refractivity contribution >= 4 is 57.5 Å². The zero-order valence-electron chi connectivity index (χ0n) is 28.5. The van der Waals surface area contributed by atoms with Crippen LogP contribution in [0.3, 0.4) is 0 Å². The Labute approximate surface area is 297 Å². The van der Waals surface area contributed by atoms with E-state index in [-0.39, 0.29) is 47.2 Å². The molecule has 3 fully saturated rings. The highest BCUT2D eigenvalue weighted by Crippen LogP contribution is 2.39. The molecule has 2 aromatic carbocycles. The van der Waals surface area contributed by atoms with Crippen LogP contribution in [0.1, 0.15) is 68.3 Å². The number of hydrogen-bond donors (Lipinski definition) is 1. The van der Waals surface area contributed by atoms with Gasteiger partial charge in [0.05, 0.1) is 41.0 Å². The molecule has 1 unspecified atom stereocenters. The molecule has 0 bridgehead atoms.